The van der Waals surface area contributed by atoms with Gasteiger partial charge in [0.1, 0.15) is 0 Å². The molecule has 0 spiro atoms. The van der Waals surface area contributed by atoms with Gasteiger partial charge >= 0.3 is 0 Å². The van der Waals surface area contributed by atoms with Crippen LogP contribution in [0.3, 0.4) is 0 Å². The summed E-state index contributed by atoms with van der Waals surface area (Å²) in [5.74, 6) is -0.199. The highest BCUT2D eigenvalue weighted by molar-refractivity contribution is 7.92. The van der Waals surface area contributed by atoms with Gasteiger partial charge in [-0.2, -0.15) is 0 Å². The average Bonchev–Trinajstić information content (AvgIpc) is 2.54. The molecule has 134 valence electrons. The molecule has 0 fully saturated rings. The molecule has 1 atom stereocenters. The maximum absolute atomic E-state index is 12.5. The van der Waals surface area contributed by atoms with Crippen molar-refractivity contribution in [3.63, 3.8) is 0 Å². The van der Waals surface area contributed by atoms with E-state index in [0.29, 0.717) is 16.8 Å². The molecule has 0 saturated carbocycles. The van der Waals surface area contributed by atoms with Crippen molar-refractivity contribution in [2.75, 3.05) is 11.0 Å². The van der Waals surface area contributed by atoms with E-state index in [2.05, 4.69) is 22.2 Å². The number of anilines is 1. The number of aryl methyl sites for hydroxylation is 1. The summed E-state index contributed by atoms with van der Waals surface area (Å²) < 4.78 is 25.3. The Labute approximate surface area is 149 Å². The minimum absolute atomic E-state index is 0.0126. The monoisotopic (exact) mass is 360 g/mol. The zero-order valence-electron chi connectivity index (χ0n) is 14.7. The van der Waals surface area contributed by atoms with Gasteiger partial charge in [-0.25, -0.2) is 8.42 Å². The van der Waals surface area contributed by atoms with Gasteiger partial charge < -0.3 is 5.32 Å². The van der Waals surface area contributed by atoms with Gasteiger partial charge in [-0.05, 0) is 49.9 Å². The summed E-state index contributed by atoms with van der Waals surface area (Å²) >= 11 is 0. The van der Waals surface area contributed by atoms with Gasteiger partial charge in [-0.3, -0.25) is 9.52 Å². The average molecular weight is 360 g/mol. The van der Waals surface area contributed by atoms with E-state index >= 15 is 0 Å². The van der Waals surface area contributed by atoms with Crippen LogP contribution in [0.1, 0.15) is 34.8 Å². The molecular formula is C19H24N2O3S. The van der Waals surface area contributed by atoms with Gasteiger partial charge in [0.25, 0.3) is 5.91 Å². The lowest BCUT2D eigenvalue weighted by Gasteiger charge is -2.16. The van der Waals surface area contributed by atoms with Gasteiger partial charge in [-0.15, -0.1) is 0 Å². The van der Waals surface area contributed by atoms with E-state index in [1.54, 1.807) is 25.1 Å². The number of nitrogens with one attached hydrogen (secondary N) is 2. The minimum atomic E-state index is -3.39. The summed E-state index contributed by atoms with van der Waals surface area (Å²) in [6.45, 7) is 3.70. The predicted molar refractivity (Wildman–Crippen MR) is 101 cm³/mol. The fourth-order valence-electron chi connectivity index (χ4n) is 2.59. The van der Waals surface area contributed by atoms with Crippen LogP contribution in [0, 0.1) is 6.92 Å². The molecule has 0 bridgehead atoms. The lowest BCUT2D eigenvalue weighted by molar-refractivity contribution is 0.0938. The Balaban J connectivity index is 2.01. The fourth-order valence-corrected chi connectivity index (χ4v) is 3.21. The van der Waals surface area contributed by atoms with Crippen LogP contribution >= 0.6 is 0 Å². The van der Waals surface area contributed by atoms with Crippen molar-refractivity contribution in [1.29, 1.82) is 0 Å². The maximum Gasteiger partial charge on any atom is 0.251 e. The maximum atomic E-state index is 12.5. The van der Waals surface area contributed by atoms with Crippen LogP contribution in [0.5, 0.6) is 0 Å². The summed E-state index contributed by atoms with van der Waals surface area (Å²) in [6, 6.07) is 15.1. The van der Waals surface area contributed by atoms with Crippen LogP contribution in [0.15, 0.2) is 48.5 Å². The number of amides is 1. The van der Waals surface area contributed by atoms with Crippen molar-refractivity contribution in [1.82, 2.24) is 5.32 Å². The fraction of sp³-hybridized carbons (Fsp3) is 0.316. The molecule has 0 saturated heterocycles. The van der Waals surface area contributed by atoms with Crippen molar-refractivity contribution in [3.8, 4) is 0 Å². The smallest absolute Gasteiger partial charge is 0.251 e. The normalized spacial score (nSPS) is 12.4. The number of sulfonamides is 1. The molecule has 0 aliphatic carbocycles. The van der Waals surface area contributed by atoms with Gasteiger partial charge in [0.15, 0.2) is 0 Å². The highest BCUT2D eigenvalue weighted by Gasteiger charge is 2.15. The molecule has 2 N–H and O–H groups in total. The highest BCUT2D eigenvalue weighted by atomic mass is 32.2. The van der Waals surface area contributed by atoms with Gasteiger partial charge in [0.2, 0.25) is 10.0 Å². The first kappa shape index (κ1) is 19.0. The second-order valence-corrected chi connectivity index (χ2v) is 8.00. The largest absolute Gasteiger partial charge is 0.350 e. The van der Waals surface area contributed by atoms with E-state index in [4.69, 9.17) is 0 Å². The summed E-state index contributed by atoms with van der Waals surface area (Å²) in [5, 5.41) is 2.98. The summed E-state index contributed by atoms with van der Waals surface area (Å²) in [4.78, 5) is 12.5. The van der Waals surface area contributed by atoms with Gasteiger partial charge in [0.05, 0.1) is 11.9 Å². The first-order valence-corrected chi connectivity index (χ1v) is 10.1. The van der Waals surface area contributed by atoms with Crippen LogP contribution in [-0.4, -0.2) is 26.6 Å². The Hall–Kier alpha value is -2.34. The van der Waals surface area contributed by atoms with E-state index in [-0.39, 0.29) is 11.9 Å². The molecule has 5 nitrogen and oxygen atoms in total. The highest BCUT2D eigenvalue weighted by Crippen LogP contribution is 2.20. The van der Waals surface area contributed by atoms with Crippen molar-refractivity contribution in [2.24, 2.45) is 0 Å². The quantitative estimate of drug-likeness (QED) is 0.796. The van der Waals surface area contributed by atoms with Crippen LogP contribution < -0.4 is 10.0 Å². The van der Waals surface area contributed by atoms with Crippen LogP contribution in [0.25, 0.3) is 0 Å². The molecule has 25 heavy (non-hydrogen) atoms. The van der Waals surface area contributed by atoms with Crippen molar-refractivity contribution in [3.05, 3.63) is 65.2 Å². The number of hydrogen-bond acceptors (Lipinski definition) is 3. The molecule has 6 heteroatoms. The Morgan fingerprint density at radius 1 is 1.08 bits per heavy atom. The molecule has 1 amide bonds. The molecule has 0 unspecified atom stereocenters. The first-order valence-electron chi connectivity index (χ1n) is 8.18. The van der Waals surface area contributed by atoms with E-state index in [9.17, 15) is 13.2 Å². The second kappa shape index (κ2) is 8.16. The Bertz CT molecular complexity index is 833. The topological polar surface area (TPSA) is 75.3 Å². The van der Waals surface area contributed by atoms with Crippen molar-refractivity contribution < 1.29 is 13.2 Å². The van der Waals surface area contributed by atoms with E-state index in [1.165, 1.54) is 5.56 Å². The Kier molecular flexibility index (Phi) is 6.20. The molecular weight excluding hydrogens is 336 g/mol. The van der Waals surface area contributed by atoms with Crippen molar-refractivity contribution in [2.45, 2.75) is 32.7 Å². The molecule has 0 aliphatic rings. The number of carbonyl (C=O) groups is 1. The lowest BCUT2D eigenvalue weighted by atomic mass is 10.0. The summed E-state index contributed by atoms with van der Waals surface area (Å²) in [7, 11) is -3.39. The molecule has 2 aromatic rings. The number of carbonyl (C=O) groups excluding carboxylic acids is 1. The number of benzene rings is 2. The number of rotatable bonds is 7. The zero-order valence-corrected chi connectivity index (χ0v) is 15.6. The molecule has 0 radical (unpaired) electrons. The zero-order chi connectivity index (χ0) is 18.4. The third-order valence-electron chi connectivity index (χ3n) is 3.96. The Morgan fingerprint density at radius 2 is 1.76 bits per heavy atom. The first-order chi connectivity index (χ1) is 11.8. The third kappa shape index (κ3) is 5.90. The number of hydrogen-bond donors (Lipinski definition) is 2. The summed E-state index contributed by atoms with van der Waals surface area (Å²) in [5.41, 5.74) is 2.74. The third-order valence-corrected chi connectivity index (χ3v) is 4.55. The van der Waals surface area contributed by atoms with Gasteiger partial charge in [0, 0.05) is 11.6 Å². The molecule has 0 heterocycles. The molecule has 2 rings (SSSR count). The summed E-state index contributed by atoms with van der Waals surface area (Å²) in [6.07, 6.45) is 2.80. The van der Waals surface area contributed by atoms with E-state index < -0.39 is 10.0 Å². The molecule has 2 aromatic carbocycles. The predicted octanol–water partition coefficient (Wildman–Crippen LogP) is 3.12. The van der Waals surface area contributed by atoms with Gasteiger partial charge in [-0.1, -0.05) is 36.4 Å². The van der Waals surface area contributed by atoms with E-state index in [1.807, 2.05) is 25.1 Å². The van der Waals surface area contributed by atoms with Crippen LogP contribution in [-0.2, 0) is 16.4 Å². The van der Waals surface area contributed by atoms with E-state index in [0.717, 1.165) is 19.1 Å². The molecule has 0 aliphatic heterocycles. The SMILES string of the molecule is Cc1c(NS(C)(=O)=O)cccc1C(=O)N[C@H](C)CCc1ccccc1. The minimum Gasteiger partial charge on any atom is -0.350 e. The lowest BCUT2D eigenvalue weighted by Crippen LogP contribution is -2.33. The van der Waals surface area contributed by atoms with Crippen molar-refractivity contribution >= 4 is 21.6 Å². The van der Waals surface area contributed by atoms with Crippen LogP contribution in [0.4, 0.5) is 5.69 Å². The van der Waals surface area contributed by atoms with Crippen LogP contribution in [0.2, 0.25) is 0 Å². The molecule has 0 aromatic heterocycles. The standard InChI is InChI=1S/C19H24N2O3S/c1-14(12-13-16-8-5-4-6-9-16)20-19(22)17-10-7-11-18(15(17)2)21-25(3,23)24/h4-11,14,21H,12-13H2,1-3H3,(H,20,22)/t14-/m1/s1. The second-order valence-electron chi connectivity index (χ2n) is 6.25. The Morgan fingerprint density at radius 3 is 2.40 bits per heavy atom.